The van der Waals surface area contributed by atoms with Crippen LogP contribution in [0.2, 0.25) is 0 Å². The quantitative estimate of drug-likeness (QED) is 0.670. The number of rotatable bonds is 6. The summed E-state index contributed by atoms with van der Waals surface area (Å²) in [7, 11) is 0. The zero-order valence-electron chi connectivity index (χ0n) is 15.8. The maximum atomic E-state index is 12.7. The Labute approximate surface area is 156 Å². The number of carbonyl (C=O) groups excluding carboxylic acids is 1. The third-order valence-corrected chi connectivity index (χ3v) is 5.55. The number of nitrogens with zero attached hydrogens (tertiary/aromatic N) is 1. The molecule has 142 valence electrons. The summed E-state index contributed by atoms with van der Waals surface area (Å²) < 4.78 is 16.6. The molecule has 0 aromatic carbocycles. The zero-order chi connectivity index (χ0) is 18.4. The van der Waals surface area contributed by atoms with Crippen molar-refractivity contribution in [2.24, 2.45) is 5.41 Å². The molecule has 3 aliphatic rings. The molecule has 5 nitrogen and oxygen atoms in total. The largest absolute Gasteiger partial charge is 0.466 e. The Hall–Kier alpha value is -2.01. The van der Waals surface area contributed by atoms with Crippen molar-refractivity contribution >= 4 is 5.97 Å². The van der Waals surface area contributed by atoms with E-state index in [0.29, 0.717) is 13.2 Å². The van der Waals surface area contributed by atoms with Crippen LogP contribution in [0.25, 0.3) is 0 Å². The van der Waals surface area contributed by atoms with Gasteiger partial charge in [-0.1, -0.05) is 25.2 Å². The third-order valence-electron chi connectivity index (χ3n) is 5.55. The van der Waals surface area contributed by atoms with E-state index in [2.05, 4.69) is 30.1 Å². The van der Waals surface area contributed by atoms with Crippen LogP contribution in [0.1, 0.15) is 46.0 Å². The topological polar surface area (TPSA) is 48.0 Å². The molecule has 2 aliphatic heterocycles. The minimum atomic E-state index is -0.441. The average Bonchev–Trinajstić information content (AvgIpc) is 2.70. The Morgan fingerprint density at radius 1 is 1.38 bits per heavy atom. The standard InChI is InChI=1S/C21H29NO4/c1-3-21(20(23)25-4-2)11-8-12-22(16-21)19(17-9-6-5-7-10-17)18-15-24-13-14-26-18/h5-6,9,13-15,19H,3-4,7-8,10-12,16H2,1-2H3. The molecular weight excluding hydrogens is 330 g/mol. The van der Waals surface area contributed by atoms with Crippen LogP contribution < -0.4 is 0 Å². The van der Waals surface area contributed by atoms with Gasteiger partial charge in [0.15, 0.2) is 5.76 Å². The van der Waals surface area contributed by atoms with Gasteiger partial charge >= 0.3 is 5.97 Å². The summed E-state index contributed by atoms with van der Waals surface area (Å²) in [6.07, 6.45) is 15.9. The van der Waals surface area contributed by atoms with Gasteiger partial charge in [-0.2, -0.15) is 0 Å². The van der Waals surface area contributed by atoms with Gasteiger partial charge in [0, 0.05) is 6.54 Å². The third kappa shape index (κ3) is 3.88. The molecule has 0 N–H and O–H groups in total. The first-order chi connectivity index (χ1) is 12.7. The lowest BCUT2D eigenvalue weighted by Crippen LogP contribution is -2.52. The molecule has 5 heteroatoms. The summed E-state index contributed by atoms with van der Waals surface area (Å²) in [4.78, 5) is 15.1. The van der Waals surface area contributed by atoms with Gasteiger partial charge in [-0.15, -0.1) is 0 Å². The van der Waals surface area contributed by atoms with Crippen LogP contribution in [0.15, 0.2) is 48.3 Å². The Bertz CT molecular complexity index is 634. The molecule has 0 amide bonds. The van der Waals surface area contributed by atoms with Gasteiger partial charge in [0.25, 0.3) is 0 Å². The van der Waals surface area contributed by atoms with E-state index in [0.717, 1.165) is 44.4 Å². The van der Waals surface area contributed by atoms with E-state index in [1.54, 1.807) is 12.5 Å². The lowest BCUT2D eigenvalue weighted by Gasteiger charge is -2.44. The first-order valence-corrected chi connectivity index (χ1v) is 9.64. The number of hydrogen-bond acceptors (Lipinski definition) is 5. The summed E-state index contributed by atoms with van der Waals surface area (Å²) >= 11 is 0. The number of carbonyl (C=O) groups is 1. The van der Waals surface area contributed by atoms with Crippen LogP contribution >= 0.6 is 0 Å². The average molecular weight is 359 g/mol. The SMILES string of the molecule is CCOC(=O)C1(CC)CCCN(C(C2=CC=CCC2)C2=COC=CO2)C1. The van der Waals surface area contributed by atoms with Crippen molar-refractivity contribution in [2.45, 2.75) is 52.0 Å². The van der Waals surface area contributed by atoms with Gasteiger partial charge in [-0.3, -0.25) is 9.69 Å². The molecule has 1 saturated heterocycles. The van der Waals surface area contributed by atoms with Crippen LogP contribution in [0, 0.1) is 5.41 Å². The smallest absolute Gasteiger partial charge is 0.313 e. The lowest BCUT2D eigenvalue weighted by molar-refractivity contribution is -0.160. The predicted octanol–water partition coefficient (Wildman–Crippen LogP) is 4.05. The summed E-state index contributed by atoms with van der Waals surface area (Å²) in [5.41, 5.74) is 0.858. The van der Waals surface area contributed by atoms with E-state index in [1.165, 1.54) is 11.8 Å². The van der Waals surface area contributed by atoms with Crippen LogP contribution in [-0.4, -0.2) is 36.6 Å². The summed E-state index contributed by atoms with van der Waals surface area (Å²) in [6, 6.07) is -0.00875. The van der Waals surface area contributed by atoms with Crippen molar-refractivity contribution < 1.29 is 19.0 Å². The second kappa shape index (κ2) is 8.58. The highest BCUT2D eigenvalue weighted by atomic mass is 16.5. The van der Waals surface area contributed by atoms with Crippen molar-refractivity contribution in [3.63, 3.8) is 0 Å². The highest BCUT2D eigenvalue weighted by Crippen LogP contribution is 2.39. The van der Waals surface area contributed by atoms with E-state index < -0.39 is 5.41 Å². The lowest BCUT2D eigenvalue weighted by atomic mass is 9.76. The molecule has 1 aliphatic carbocycles. The molecule has 0 radical (unpaired) electrons. The molecule has 0 aromatic heterocycles. The van der Waals surface area contributed by atoms with E-state index >= 15 is 0 Å². The van der Waals surface area contributed by atoms with E-state index in [-0.39, 0.29) is 12.0 Å². The van der Waals surface area contributed by atoms with Crippen molar-refractivity contribution in [1.29, 1.82) is 0 Å². The molecule has 2 unspecified atom stereocenters. The van der Waals surface area contributed by atoms with Gasteiger partial charge in [-0.25, -0.2) is 0 Å². The fraction of sp³-hybridized carbons (Fsp3) is 0.571. The second-order valence-electron chi connectivity index (χ2n) is 7.09. The number of esters is 1. The maximum Gasteiger partial charge on any atom is 0.313 e. The van der Waals surface area contributed by atoms with Gasteiger partial charge < -0.3 is 14.2 Å². The molecule has 3 rings (SSSR count). The maximum absolute atomic E-state index is 12.7. The molecule has 0 aromatic rings. The summed E-state index contributed by atoms with van der Waals surface area (Å²) in [6.45, 7) is 5.98. The molecule has 2 heterocycles. The Morgan fingerprint density at radius 3 is 2.92 bits per heavy atom. The monoisotopic (exact) mass is 359 g/mol. The Kier molecular flexibility index (Phi) is 6.20. The van der Waals surface area contributed by atoms with Crippen LogP contribution in [-0.2, 0) is 19.0 Å². The molecule has 0 bridgehead atoms. The fourth-order valence-corrected chi connectivity index (χ4v) is 4.12. The highest BCUT2D eigenvalue weighted by molar-refractivity contribution is 5.77. The zero-order valence-corrected chi connectivity index (χ0v) is 15.8. The second-order valence-corrected chi connectivity index (χ2v) is 7.09. The van der Waals surface area contributed by atoms with E-state index in [4.69, 9.17) is 14.2 Å². The first kappa shape index (κ1) is 18.8. The van der Waals surface area contributed by atoms with E-state index in [1.807, 2.05) is 6.92 Å². The molecule has 1 fully saturated rings. The number of ether oxygens (including phenoxy) is 3. The summed E-state index contributed by atoms with van der Waals surface area (Å²) in [5, 5.41) is 0. The fourth-order valence-electron chi connectivity index (χ4n) is 4.12. The first-order valence-electron chi connectivity index (χ1n) is 9.64. The summed E-state index contributed by atoms with van der Waals surface area (Å²) in [5.74, 6) is 0.711. The number of allylic oxidation sites excluding steroid dienone is 3. The Morgan fingerprint density at radius 2 is 2.27 bits per heavy atom. The van der Waals surface area contributed by atoms with Crippen molar-refractivity contribution in [2.75, 3.05) is 19.7 Å². The van der Waals surface area contributed by atoms with E-state index in [9.17, 15) is 4.79 Å². The van der Waals surface area contributed by atoms with Gasteiger partial charge in [0.2, 0.25) is 0 Å². The molecule has 0 spiro atoms. The van der Waals surface area contributed by atoms with Gasteiger partial charge in [0.1, 0.15) is 18.8 Å². The molecular formula is C21H29NO4. The predicted molar refractivity (Wildman–Crippen MR) is 99.8 cm³/mol. The molecule has 2 atom stereocenters. The minimum absolute atomic E-state index is 0.00875. The normalized spacial score (nSPS) is 27.0. The van der Waals surface area contributed by atoms with Gasteiger partial charge in [0.05, 0.1) is 18.1 Å². The van der Waals surface area contributed by atoms with Gasteiger partial charge in [-0.05, 0) is 51.1 Å². The van der Waals surface area contributed by atoms with Crippen LogP contribution in [0.3, 0.4) is 0 Å². The molecule has 0 saturated carbocycles. The Balaban J connectivity index is 1.88. The van der Waals surface area contributed by atoms with Crippen molar-refractivity contribution in [3.8, 4) is 0 Å². The van der Waals surface area contributed by atoms with Crippen LogP contribution in [0.4, 0.5) is 0 Å². The number of likely N-dealkylation sites (tertiary alicyclic amines) is 1. The minimum Gasteiger partial charge on any atom is -0.466 e. The highest BCUT2D eigenvalue weighted by Gasteiger charge is 2.45. The van der Waals surface area contributed by atoms with Crippen molar-refractivity contribution in [1.82, 2.24) is 4.90 Å². The molecule has 26 heavy (non-hydrogen) atoms. The van der Waals surface area contributed by atoms with Crippen molar-refractivity contribution in [3.05, 3.63) is 48.3 Å². The number of hydrogen-bond donors (Lipinski definition) is 0. The van der Waals surface area contributed by atoms with Crippen LogP contribution in [0.5, 0.6) is 0 Å². The number of piperidine rings is 1.